The summed E-state index contributed by atoms with van der Waals surface area (Å²) in [5.41, 5.74) is 2.58. The van der Waals surface area contributed by atoms with E-state index in [1.54, 1.807) is 24.3 Å². The molecular weight excluding hydrogens is 308 g/mol. The molecule has 0 aliphatic carbocycles. The number of rotatable bonds is 4. The lowest BCUT2D eigenvalue weighted by Crippen LogP contribution is -2.37. The zero-order valence-corrected chi connectivity index (χ0v) is 14.1. The molecule has 0 fully saturated rings. The topological polar surface area (TPSA) is 104 Å². The predicted molar refractivity (Wildman–Crippen MR) is 89.6 cm³/mol. The van der Waals surface area contributed by atoms with Crippen molar-refractivity contribution in [1.82, 2.24) is 0 Å². The molecule has 0 bridgehead atoms. The molecule has 0 aliphatic rings. The van der Waals surface area contributed by atoms with Gasteiger partial charge < -0.3 is 25.2 Å². The van der Waals surface area contributed by atoms with Crippen molar-refractivity contribution in [3.63, 3.8) is 0 Å². The summed E-state index contributed by atoms with van der Waals surface area (Å²) in [5.74, 6) is 0.694. The Hall–Kier alpha value is -2.69. The van der Waals surface area contributed by atoms with Gasteiger partial charge in [0.2, 0.25) is 0 Å². The molecule has 0 spiro atoms. The molecule has 2 rings (SSSR count). The van der Waals surface area contributed by atoms with Crippen LogP contribution in [-0.4, -0.2) is 16.4 Å². The van der Waals surface area contributed by atoms with Gasteiger partial charge in [0.25, 0.3) is 0 Å². The van der Waals surface area contributed by atoms with Gasteiger partial charge in [0.05, 0.1) is 0 Å². The van der Waals surface area contributed by atoms with Gasteiger partial charge in [0.1, 0.15) is 11.5 Å². The Morgan fingerprint density at radius 1 is 0.750 bits per heavy atom. The number of hydrogen-bond donors (Lipinski definition) is 2. The summed E-state index contributed by atoms with van der Waals surface area (Å²) < 4.78 is 0. The number of carboxylic acid groups (broad SMARTS) is 2. The first-order chi connectivity index (χ1) is 11.4. The van der Waals surface area contributed by atoms with Crippen LogP contribution in [0, 0.1) is 0 Å². The molecule has 0 saturated heterocycles. The highest BCUT2D eigenvalue weighted by atomic mass is 16.6. The summed E-state index contributed by atoms with van der Waals surface area (Å²) >= 11 is 0. The molecule has 5 heteroatoms. The van der Waals surface area contributed by atoms with Crippen molar-refractivity contribution < 1.29 is 25.2 Å². The maximum atomic E-state index is 8.92. The first-order valence-corrected chi connectivity index (χ1v) is 7.82. The van der Waals surface area contributed by atoms with Gasteiger partial charge in [-0.25, -0.2) is 0 Å². The molecule has 0 aliphatic heterocycles. The number of aromatic hydroxyl groups is 2. The smallest absolute Gasteiger partial charge is 0.115 e. The Balaban J connectivity index is 0.000000363. The van der Waals surface area contributed by atoms with E-state index in [1.807, 2.05) is 24.3 Å². The Labute approximate surface area is 142 Å². The van der Waals surface area contributed by atoms with Gasteiger partial charge in [-0.1, -0.05) is 51.0 Å². The Morgan fingerprint density at radius 2 is 1.00 bits per heavy atom. The average molecular weight is 332 g/mol. The van der Waals surface area contributed by atoms with Crippen molar-refractivity contribution in [3.05, 3.63) is 59.7 Å². The molecule has 2 aromatic rings. The lowest BCUT2D eigenvalue weighted by atomic mass is 10.1. The van der Waals surface area contributed by atoms with Crippen LogP contribution in [0.4, 0.5) is 4.79 Å². The fourth-order valence-corrected chi connectivity index (χ4v) is 1.90. The maximum absolute atomic E-state index is 8.92. The van der Waals surface area contributed by atoms with Gasteiger partial charge in [-0.15, -0.1) is 0 Å². The fourth-order valence-electron chi connectivity index (χ4n) is 1.90. The predicted octanol–water partition coefficient (Wildman–Crippen LogP) is 2.24. The molecule has 2 N–H and O–H groups in total. The van der Waals surface area contributed by atoms with E-state index in [9.17, 15) is 0 Å². The largest absolute Gasteiger partial charge is 0.652 e. The van der Waals surface area contributed by atoms with Crippen LogP contribution in [0.15, 0.2) is 48.5 Å². The molecule has 0 unspecified atom stereocenters. The maximum Gasteiger partial charge on any atom is 0.115 e. The second-order valence-corrected chi connectivity index (χ2v) is 5.08. The number of hydrogen-bond acceptors (Lipinski definition) is 5. The summed E-state index contributed by atoms with van der Waals surface area (Å²) in [6.07, 6.45) is 2.18. The van der Waals surface area contributed by atoms with E-state index in [0.717, 1.165) is 25.7 Å². The van der Waals surface area contributed by atoms with E-state index in [2.05, 4.69) is 13.8 Å². The van der Waals surface area contributed by atoms with Crippen molar-refractivity contribution in [2.75, 3.05) is 0 Å². The minimum atomic E-state index is -2.33. The normalized spacial score (nSPS) is 9.08. The average Bonchev–Trinajstić information content (AvgIpc) is 2.53. The van der Waals surface area contributed by atoms with Crippen LogP contribution < -0.4 is 10.2 Å². The third-order valence-corrected chi connectivity index (χ3v) is 2.95. The van der Waals surface area contributed by atoms with Crippen LogP contribution >= 0.6 is 0 Å². The molecule has 5 nitrogen and oxygen atoms in total. The zero-order chi connectivity index (χ0) is 18.4. The number of phenolic OH excluding ortho intramolecular Hbond substituents is 2. The molecule has 0 amide bonds. The van der Waals surface area contributed by atoms with E-state index in [0.29, 0.717) is 11.5 Å². The van der Waals surface area contributed by atoms with Crippen molar-refractivity contribution in [1.29, 1.82) is 0 Å². The third kappa shape index (κ3) is 11.9. The van der Waals surface area contributed by atoms with Gasteiger partial charge in [-0.3, -0.25) is 0 Å². The lowest BCUT2D eigenvalue weighted by Gasteiger charge is -1.96. The van der Waals surface area contributed by atoms with Gasteiger partial charge in [0.15, 0.2) is 0 Å². The number of phenols is 2. The van der Waals surface area contributed by atoms with E-state index in [-0.39, 0.29) is 0 Å². The molecule has 132 valence electrons. The van der Waals surface area contributed by atoms with Crippen molar-refractivity contribution >= 4 is 6.16 Å². The second kappa shape index (κ2) is 12.8. The lowest BCUT2D eigenvalue weighted by molar-refractivity contribution is -0.415. The molecular formula is C19H24O5-2. The van der Waals surface area contributed by atoms with Crippen LogP contribution in [0.1, 0.15) is 37.8 Å². The molecule has 0 saturated carbocycles. The SMILES string of the molecule is CCCc1ccc(O)cc1.CCCc1ccc(O)cc1.O=C([O-])[O-]. The quantitative estimate of drug-likeness (QED) is 0.893. The van der Waals surface area contributed by atoms with Gasteiger partial charge >= 0.3 is 0 Å². The van der Waals surface area contributed by atoms with E-state index in [4.69, 9.17) is 25.2 Å². The molecule has 0 atom stereocenters. The first kappa shape index (κ1) is 21.3. The van der Waals surface area contributed by atoms with Crippen LogP contribution in [0.5, 0.6) is 11.5 Å². The highest BCUT2D eigenvalue weighted by Crippen LogP contribution is 2.11. The number of carbonyl (C=O) groups is 1. The van der Waals surface area contributed by atoms with Crippen LogP contribution in [0.2, 0.25) is 0 Å². The summed E-state index contributed by atoms with van der Waals surface area (Å²) in [7, 11) is 0. The minimum Gasteiger partial charge on any atom is -0.652 e. The zero-order valence-electron chi connectivity index (χ0n) is 14.1. The molecule has 2 aromatic carbocycles. The summed E-state index contributed by atoms with van der Waals surface area (Å²) in [6, 6.07) is 14.7. The Morgan fingerprint density at radius 3 is 1.21 bits per heavy atom. The van der Waals surface area contributed by atoms with Gasteiger partial charge in [0, 0.05) is 0 Å². The van der Waals surface area contributed by atoms with Crippen LogP contribution in [-0.2, 0) is 12.8 Å². The fraction of sp³-hybridized carbons (Fsp3) is 0.316. The highest BCUT2D eigenvalue weighted by molar-refractivity contribution is 5.47. The number of aryl methyl sites for hydroxylation is 2. The highest BCUT2D eigenvalue weighted by Gasteiger charge is 1.90. The minimum absolute atomic E-state index is 0.347. The second-order valence-electron chi connectivity index (χ2n) is 5.08. The van der Waals surface area contributed by atoms with Crippen LogP contribution in [0.25, 0.3) is 0 Å². The number of carbonyl (C=O) groups excluding carboxylic acids is 1. The van der Waals surface area contributed by atoms with E-state index < -0.39 is 6.16 Å². The summed E-state index contributed by atoms with van der Waals surface area (Å²) in [6.45, 7) is 4.29. The van der Waals surface area contributed by atoms with Gasteiger partial charge in [-0.05, 0) is 54.4 Å². The standard InChI is InChI=1S/2C9H12O.CH2O3/c2*1-2-3-8-4-6-9(10)7-5-8;2-1(3)4/h2*4-7,10H,2-3H2,1H3;(H2,2,3,4)/p-2. The van der Waals surface area contributed by atoms with Crippen LogP contribution in [0.3, 0.4) is 0 Å². The van der Waals surface area contributed by atoms with E-state index in [1.165, 1.54) is 11.1 Å². The van der Waals surface area contributed by atoms with Crippen molar-refractivity contribution in [3.8, 4) is 11.5 Å². The van der Waals surface area contributed by atoms with E-state index >= 15 is 0 Å². The summed E-state index contributed by atoms with van der Waals surface area (Å²) in [5, 5.41) is 34.5. The third-order valence-electron chi connectivity index (χ3n) is 2.95. The number of benzene rings is 2. The van der Waals surface area contributed by atoms with Gasteiger partial charge in [-0.2, -0.15) is 0 Å². The van der Waals surface area contributed by atoms with Crippen molar-refractivity contribution in [2.45, 2.75) is 39.5 Å². The molecule has 0 heterocycles. The monoisotopic (exact) mass is 332 g/mol. The molecule has 24 heavy (non-hydrogen) atoms. The Bertz CT molecular complexity index is 510. The molecule has 0 radical (unpaired) electrons. The summed E-state index contributed by atoms with van der Waals surface area (Å²) in [4.78, 5) is 8.33. The Kier molecular flexibility index (Phi) is 11.4. The first-order valence-electron chi connectivity index (χ1n) is 7.82. The van der Waals surface area contributed by atoms with Crippen molar-refractivity contribution in [2.24, 2.45) is 0 Å². The molecule has 0 aromatic heterocycles.